The standard InChI is InChI=1S/C18H20N2O3/c1-12-13(2)16(22-3)10-9-14(12)11-19-20-18(21)15-7-5-6-8-17(15)23-4/h5-11H,1-4H3,(H,20,21). The Morgan fingerprint density at radius 1 is 1.00 bits per heavy atom. The molecule has 0 aromatic heterocycles. The summed E-state index contributed by atoms with van der Waals surface area (Å²) in [5.74, 6) is 1.02. The van der Waals surface area contributed by atoms with E-state index < -0.39 is 0 Å². The van der Waals surface area contributed by atoms with Gasteiger partial charge in [0, 0.05) is 0 Å². The highest BCUT2D eigenvalue weighted by molar-refractivity contribution is 5.97. The Kier molecular flexibility index (Phi) is 5.36. The van der Waals surface area contributed by atoms with E-state index in [1.165, 1.54) is 7.11 Å². The van der Waals surface area contributed by atoms with Crippen LogP contribution in [0, 0.1) is 13.8 Å². The lowest BCUT2D eigenvalue weighted by Crippen LogP contribution is -2.18. The summed E-state index contributed by atoms with van der Waals surface area (Å²) in [6.45, 7) is 3.97. The van der Waals surface area contributed by atoms with Gasteiger partial charge < -0.3 is 9.47 Å². The predicted octanol–water partition coefficient (Wildman–Crippen LogP) is 3.08. The molecule has 0 atom stereocenters. The quantitative estimate of drug-likeness (QED) is 0.682. The molecule has 2 aromatic rings. The number of hydrogen-bond donors (Lipinski definition) is 1. The van der Waals surface area contributed by atoms with Crippen molar-refractivity contribution in [1.29, 1.82) is 0 Å². The maximum Gasteiger partial charge on any atom is 0.275 e. The molecule has 120 valence electrons. The number of nitrogens with one attached hydrogen (secondary N) is 1. The number of carbonyl (C=O) groups excluding carboxylic acids is 1. The highest BCUT2D eigenvalue weighted by Crippen LogP contribution is 2.23. The Morgan fingerprint density at radius 2 is 1.70 bits per heavy atom. The Hall–Kier alpha value is -2.82. The van der Waals surface area contributed by atoms with Crippen LogP contribution < -0.4 is 14.9 Å². The number of rotatable bonds is 5. The van der Waals surface area contributed by atoms with Crippen LogP contribution in [0.2, 0.25) is 0 Å². The third kappa shape index (κ3) is 3.69. The minimum absolute atomic E-state index is 0.318. The molecule has 2 rings (SSSR count). The fourth-order valence-electron chi connectivity index (χ4n) is 2.23. The maximum absolute atomic E-state index is 12.1. The zero-order valence-electron chi connectivity index (χ0n) is 13.7. The summed E-state index contributed by atoms with van der Waals surface area (Å²) in [5.41, 5.74) is 5.98. The lowest BCUT2D eigenvalue weighted by atomic mass is 10.0. The van der Waals surface area contributed by atoms with Gasteiger partial charge in [-0.15, -0.1) is 0 Å². The summed E-state index contributed by atoms with van der Waals surface area (Å²) >= 11 is 0. The van der Waals surface area contributed by atoms with E-state index in [-0.39, 0.29) is 5.91 Å². The molecule has 0 aliphatic heterocycles. The van der Waals surface area contributed by atoms with E-state index >= 15 is 0 Å². The van der Waals surface area contributed by atoms with Crippen LogP contribution in [0.3, 0.4) is 0 Å². The van der Waals surface area contributed by atoms with Crippen LogP contribution in [-0.4, -0.2) is 26.3 Å². The normalized spacial score (nSPS) is 10.6. The molecule has 0 aliphatic rings. The Bertz CT molecular complexity index is 739. The summed E-state index contributed by atoms with van der Waals surface area (Å²) < 4.78 is 10.4. The number of ether oxygens (including phenoxy) is 2. The first-order chi connectivity index (χ1) is 11.1. The van der Waals surface area contributed by atoms with Crippen molar-refractivity contribution in [2.45, 2.75) is 13.8 Å². The van der Waals surface area contributed by atoms with Gasteiger partial charge in [0.05, 0.1) is 26.0 Å². The number of nitrogens with zero attached hydrogens (tertiary/aromatic N) is 1. The molecule has 0 bridgehead atoms. The number of benzene rings is 2. The third-order valence-electron chi connectivity index (χ3n) is 3.72. The van der Waals surface area contributed by atoms with Gasteiger partial charge in [-0.1, -0.05) is 12.1 Å². The second-order valence-corrected chi connectivity index (χ2v) is 5.01. The van der Waals surface area contributed by atoms with Crippen molar-refractivity contribution >= 4 is 12.1 Å². The average Bonchev–Trinajstić information content (AvgIpc) is 2.58. The molecule has 0 aliphatic carbocycles. The zero-order valence-corrected chi connectivity index (χ0v) is 13.7. The van der Waals surface area contributed by atoms with E-state index in [1.807, 2.05) is 32.0 Å². The van der Waals surface area contributed by atoms with Gasteiger partial charge in [-0.3, -0.25) is 4.79 Å². The molecule has 1 N–H and O–H groups in total. The number of para-hydroxylation sites is 1. The molecule has 2 aromatic carbocycles. The van der Waals surface area contributed by atoms with Crippen molar-refractivity contribution in [2.75, 3.05) is 14.2 Å². The number of hydrogen-bond acceptors (Lipinski definition) is 4. The van der Waals surface area contributed by atoms with E-state index in [1.54, 1.807) is 31.5 Å². The zero-order chi connectivity index (χ0) is 16.8. The molecule has 5 heteroatoms. The van der Waals surface area contributed by atoms with Crippen LogP contribution in [0.15, 0.2) is 41.5 Å². The van der Waals surface area contributed by atoms with E-state index in [9.17, 15) is 4.79 Å². The molecule has 0 spiro atoms. The molecule has 0 fully saturated rings. The maximum atomic E-state index is 12.1. The topological polar surface area (TPSA) is 59.9 Å². The fourth-order valence-corrected chi connectivity index (χ4v) is 2.23. The highest BCUT2D eigenvalue weighted by Gasteiger charge is 2.10. The van der Waals surface area contributed by atoms with Crippen molar-refractivity contribution in [3.8, 4) is 11.5 Å². The predicted molar refractivity (Wildman–Crippen MR) is 90.5 cm³/mol. The number of methoxy groups -OCH3 is 2. The van der Waals surface area contributed by atoms with E-state index in [4.69, 9.17) is 9.47 Å². The van der Waals surface area contributed by atoms with E-state index in [0.29, 0.717) is 11.3 Å². The number of amides is 1. The molecule has 1 amide bonds. The number of hydrazone groups is 1. The first-order valence-corrected chi connectivity index (χ1v) is 7.19. The van der Waals surface area contributed by atoms with Crippen LogP contribution in [-0.2, 0) is 0 Å². The summed E-state index contributed by atoms with van der Waals surface area (Å²) in [5, 5.41) is 4.03. The largest absolute Gasteiger partial charge is 0.496 e. The first kappa shape index (κ1) is 16.5. The van der Waals surface area contributed by atoms with E-state index in [2.05, 4.69) is 10.5 Å². The lowest BCUT2D eigenvalue weighted by Gasteiger charge is -2.10. The highest BCUT2D eigenvalue weighted by atomic mass is 16.5. The fraction of sp³-hybridized carbons (Fsp3) is 0.222. The van der Waals surface area contributed by atoms with Gasteiger partial charge in [0.1, 0.15) is 11.5 Å². The molecule has 5 nitrogen and oxygen atoms in total. The van der Waals surface area contributed by atoms with Gasteiger partial charge in [-0.25, -0.2) is 5.43 Å². The molecular formula is C18H20N2O3. The van der Waals surface area contributed by atoms with Gasteiger partial charge in [-0.2, -0.15) is 5.10 Å². The SMILES string of the molecule is COc1ccccc1C(=O)NN=Cc1ccc(OC)c(C)c1C. The second kappa shape index (κ2) is 7.45. The minimum Gasteiger partial charge on any atom is -0.496 e. The van der Waals surface area contributed by atoms with Gasteiger partial charge in [-0.05, 0) is 54.8 Å². The summed E-state index contributed by atoms with van der Waals surface area (Å²) in [6, 6.07) is 10.8. The molecular weight excluding hydrogens is 292 g/mol. The first-order valence-electron chi connectivity index (χ1n) is 7.19. The molecule has 0 heterocycles. The molecule has 0 radical (unpaired) electrons. The smallest absolute Gasteiger partial charge is 0.275 e. The average molecular weight is 312 g/mol. The van der Waals surface area contributed by atoms with Crippen LogP contribution in [0.1, 0.15) is 27.0 Å². The Balaban J connectivity index is 2.13. The van der Waals surface area contributed by atoms with Gasteiger partial charge in [0.2, 0.25) is 0 Å². The van der Waals surface area contributed by atoms with Crippen LogP contribution in [0.4, 0.5) is 0 Å². The molecule has 0 saturated heterocycles. The Labute approximate surface area is 135 Å². The van der Waals surface area contributed by atoms with Crippen molar-refractivity contribution in [3.63, 3.8) is 0 Å². The van der Waals surface area contributed by atoms with Crippen LogP contribution in [0.25, 0.3) is 0 Å². The minimum atomic E-state index is -0.318. The summed E-state index contributed by atoms with van der Waals surface area (Å²) in [4.78, 5) is 12.1. The van der Waals surface area contributed by atoms with Crippen LogP contribution >= 0.6 is 0 Å². The van der Waals surface area contributed by atoms with Crippen molar-refractivity contribution in [3.05, 3.63) is 58.7 Å². The number of carbonyl (C=O) groups is 1. The molecule has 23 heavy (non-hydrogen) atoms. The van der Waals surface area contributed by atoms with Crippen molar-refractivity contribution in [1.82, 2.24) is 5.43 Å². The molecule has 0 unspecified atom stereocenters. The molecule has 0 saturated carbocycles. The third-order valence-corrected chi connectivity index (χ3v) is 3.72. The Morgan fingerprint density at radius 3 is 2.39 bits per heavy atom. The van der Waals surface area contributed by atoms with Gasteiger partial charge >= 0.3 is 0 Å². The van der Waals surface area contributed by atoms with Gasteiger partial charge in [0.25, 0.3) is 5.91 Å². The van der Waals surface area contributed by atoms with Crippen molar-refractivity contribution in [2.24, 2.45) is 5.10 Å². The van der Waals surface area contributed by atoms with Crippen molar-refractivity contribution < 1.29 is 14.3 Å². The van der Waals surface area contributed by atoms with E-state index in [0.717, 1.165) is 22.4 Å². The van der Waals surface area contributed by atoms with Gasteiger partial charge in [0.15, 0.2) is 0 Å². The monoisotopic (exact) mass is 312 g/mol. The summed E-state index contributed by atoms with van der Waals surface area (Å²) in [6.07, 6.45) is 1.62. The second-order valence-electron chi connectivity index (χ2n) is 5.01. The lowest BCUT2D eigenvalue weighted by molar-refractivity contribution is 0.0952. The summed E-state index contributed by atoms with van der Waals surface area (Å²) in [7, 11) is 3.17. The van der Waals surface area contributed by atoms with Crippen LogP contribution in [0.5, 0.6) is 11.5 Å².